The van der Waals surface area contributed by atoms with Crippen molar-refractivity contribution in [3.8, 4) is 17.2 Å². The quantitative estimate of drug-likeness (QED) is 0.504. The van der Waals surface area contributed by atoms with Crippen molar-refractivity contribution in [1.29, 1.82) is 5.26 Å². The molecule has 3 aromatic rings. The van der Waals surface area contributed by atoms with Crippen LogP contribution in [0, 0.1) is 11.3 Å². The SMILES string of the molecule is CCCCN(Cc1ccc(-c2ccccc2C#N)cc1)C(=O)Cc1ccccc1C(=O)O. The molecule has 0 saturated heterocycles. The van der Waals surface area contributed by atoms with Gasteiger partial charge in [-0.05, 0) is 40.8 Å². The molecule has 1 N–H and O–H groups in total. The summed E-state index contributed by atoms with van der Waals surface area (Å²) in [5.74, 6) is -1.12. The molecule has 0 atom stereocenters. The minimum absolute atomic E-state index is 0.0554. The van der Waals surface area contributed by atoms with Crippen molar-refractivity contribution in [2.24, 2.45) is 0 Å². The van der Waals surface area contributed by atoms with Crippen molar-refractivity contribution < 1.29 is 14.7 Å². The summed E-state index contributed by atoms with van der Waals surface area (Å²) in [5.41, 5.74) is 4.13. The Hall–Kier alpha value is -3.91. The molecule has 0 aliphatic carbocycles. The van der Waals surface area contributed by atoms with Gasteiger partial charge in [0.1, 0.15) is 0 Å². The van der Waals surface area contributed by atoms with Gasteiger partial charge >= 0.3 is 5.97 Å². The molecule has 0 spiro atoms. The van der Waals surface area contributed by atoms with Crippen LogP contribution >= 0.6 is 0 Å². The second-order valence-electron chi connectivity index (χ2n) is 7.66. The van der Waals surface area contributed by atoms with E-state index in [2.05, 4.69) is 13.0 Å². The van der Waals surface area contributed by atoms with Gasteiger partial charge in [0.25, 0.3) is 0 Å². The Labute approximate surface area is 188 Å². The maximum Gasteiger partial charge on any atom is 0.335 e. The van der Waals surface area contributed by atoms with E-state index in [0.717, 1.165) is 29.5 Å². The molecule has 162 valence electrons. The number of unbranched alkanes of at least 4 members (excludes halogenated alkanes) is 1. The number of carbonyl (C=O) groups is 2. The normalized spacial score (nSPS) is 10.4. The maximum absolute atomic E-state index is 13.1. The zero-order valence-corrected chi connectivity index (χ0v) is 18.1. The first-order chi connectivity index (χ1) is 15.5. The highest BCUT2D eigenvalue weighted by Crippen LogP contribution is 2.24. The molecular weight excluding hydrogens is 400 g/mol. The fourth-order valence-electron chi connectivity index (χ4n) is 3.64. The molecule has 3 aromatic carbocycles. The van der Waals surface area contributed by atoms with Gasteiger partial charge in [-0.1, -0.05) is 74.0 Å². The van der Waals surface area contributed by atoms with E-state index in [9.17, 15) is 20.0 Å². The summed E-state index contributed by atoms with van der Waals surface area (Å²) in [5, 5.41) is 18.7. The van der Waals surface area contributed by atoms with Gasteiger partial charge < -0.3 is 10.0 Å². The number of rotatable bonds is 9. The number of carboxylic acids is 1. The molecule has 0 bridgehead atoms. The van der Waals surface area contributed by atoms with Gasteiger partial charge in [0.15, 0.2) is 0 Å². The van der Waals surface area contributed by atoms with Crippen LogP contribution in [0.1, 0.15) is 46.8 Å². The largest absolute Gasteiger partial charge is 0.478 e. The lowest BCUT2D eigenvalue weighted by atomic mass is 9.99. The number of carbonyl (C=O) groups excluding carboxylic acids is 1. The topological polar surface area (TPSA) is 81.4 Å². The lowest BCUT2D eigenvalue weighted by molar-refractivity contribution is -0.131. The Morgan fingerprint density at radius 3 is 2.34 bits per heavy atom. The first-order valence-electron chi connectivity index (χ1n) is 10.7. The molecule has 0 radical (unpaired) electrons. The number of aromatic carboxylic acids is 1. The van der Waals surface area contributed by atoms with Gasteiger partial charge in [0.2, 0.25) is 5.91 Å². The number of nitriles is 1. The Kier molecular flexibility index (Phi) is 7.77. The summed E-state index contributed by atoms with van der Waals surface area (Å²) in [6.07, 6.45) is 1.89. The van der Waals surface area contributed by atoms with Crippen molar-refractivity contribution in [2.75, 3.05) is 6.54 Å². The zero-order valence-electron chi connectivity index (χ0n) is 18.1. The zero-order chi connectivity index (χ0) is 22.9. The first-order valence-corrected chi connectivity index (χ1v) is 10.7. The minimum Gasteiger partial charge on any atom is -0.478 e. The smallest absolute Gasteiger partial charge is 0.335 e. The van der Waals surface area contributed by atoms with Crippen molar-refractivity contribution in [3.05, 3.63) is 95.1 Å². The van der Waals surface area contributed by atoms with Gasteiger partial charge in [-0.15, -0.1) is 0 Å². The van der Waals surface area contributed by atoms with E-state index in [1.807, 2.05) is 42.5 Å². The number of carboxylic acid groups (broad SMARTS) is 1. The molecule has 5 heteroatoms. The van der Waals surface area contributed by atoms with Gasteiger partial charge in [-0.2, -0.15) is 5.26 Å². The predicted molar refractivity (Wildman–Crippen MR) is 124 cm³/mol. The molecule has 0 unspecified atom stereocenters. The molecule has 0 aliphatic heterocycles. The van der Waals surface area contributed by atoms with E-state index >= 15 is 0 Å². The van der Waals surface area contributed by atoms with E-state index in [1.54, 1.807) is 29.2 Å². The molecule has 0 fully saturated rings. The Morgan fingerprint density at radius 1 is 0.969 bits per heavy atom. The molecule has 0 aromatic heterocycles. The third-order valence-electron chi connectivity index (χ3n) is 5.41. The van der Waals surface area contributed by atoms with Crippen molar-refractivity contribution >= 4 is 11.9 Å². The van der Waals surface area contributed by atoms with E-state index in [4.69, 9.17) is 0 Å². The summed E-state index contributed by atoms with van der Waals surface area (Å²) < 4.78 is 0. The predicted octanol–water partition coefficient (Wildman–Crippen LogP) is 5.29. The number of hydrogen-bond donors (Lipinski definition) is 1. The summed E-state index contributed by atoms with van der Waals surface area (Å²) in [6.45, 7) is 3.14. The van der Waals surface area contributed by atoms with E-state index < -0.39 is 5.97 Å². The third-order valence-corrected chi connectivity index (χ3v) is 5.41. The van der Waals surface area contributed by atoms with Crippen LogP contribution in [0.25, 0.3) is 11.1 Å². The molecule has 1 amide bonds. The Balaban J connectivity index is 1.78. The van der Waals surface area contributed by atoms with Gasteiger partial charge in [0.05, 0.1) is 23.6 Å². The summed E-state index contributed by atoms with van der Waals surface area (Å²) >= 11 is 0. The lowest BCUT2D eigenvalue weighted by Crippen LogP contribution is -2.33. The van der Waals surface area contributed by atoms with Gasteiger partial charge in [-0.25, -0.2) is 4.79 Å². The average molecular weight is 427 g/mol. The molecule has 0 saturated carbocycles. The van der Waals surface area contributed by atoms with Gasteiger partial charge in [-0.3, -0.25) is 4.79 Å². The molecule has 0 aliphatic rings. The highest BCUT2D eigenvalue weighted by atomic mass is 16.4. The van der Waals surface area contributed by atoms with Crippen LogP contribution in [0.3, 0.4) is 0 Å². The summed E-state index contributed by atoms with van der Waals surface area (Å²) in [7, 11) is 0. The van der Waals surface area contributed by atoms with Crippen LogP contribution in [0.4, 0.5) is 0 Å². The fourth-order valence-corrected chi connectivity index (χ4v) is 3.64. The molecular formula is C27H26N2O3. The van der Waals surface area contributed by atoms with Crippen LogP contribution in [-0.4, -0.2) is 28.4 Å². The Morgan fingerprint density at radius 2 is 1.66 bits per heavy atom. The molecule has 32 heavy (non-hydrogen) atoms. The third kappa shape index (κ3) is 5.61. The van der Waals surface area contributed by atoms with Crippen LogP contribution < -0.4 is 0 Å². The molecule has 0 heterocycles. The van der Waals surface area contributed by atoms with Crippen molar-refractivity contribution in [3.63, 3.8) is 0 Å². The molecule has 3 rings (SSSR count). The number of amides is 1. The minimum atomic E-state index is -1.03. The van der Waals surface area contributed by atoms with Crippen LogP contribution in [-0.2, 0) is 17.8 Å². The first kappa shape index (κ1) is 22.8. The lowest BCUT2D eigenvalue weighted by Gasteiger charge is -2.23. The Bertz CT molecular complexity index is 1130. The highest BCUT2D eigenvalue weighted by Gasteiger charge is 2.18. The summed E-state index contributed by atoms with van der Waals surface area (Å²) in [6, 6.07) is 24.2. The van der Waals surface area contributed by atoms with Crippen LogP contribution in [0.15, 0.2) is 72.8 Å². The molecule has 5 nitrogen and oxygen atoms in total. The average Bonchev–Trinajstić information content (AvgIpc) is 2.82. The fraction of sp³-hybridized carbons (Fsp3) is 0.222. The second-order valence-corrected chi connectivity index (χ2v) is 7.66. The van der Waals surface area contributed by atoms with Crippen LogP contribution in [0.5, 0.6) is 0 Å². The number of hydrogen-bond acceptors (Lipinski definition) is 3. The number of benzene rings is 3. The van der Waals surface area contributed by atoms with E-state index in [-0.39, 0.29) is 17.9 Å². The standard InChI is InChI=1S/C27H26N2O3/c1-2-3-16-29(26(30)17-22-8-4-7-11-25(22)27(31)32)19-20-12-14-21(15-13-20)24-10-6-5-9-23(24)18-28/h4-15H,2-3,16-17,19H2,1H3,(H,31,32). The van der Waals surface area contributed by atoms with Gasteiger partial charge in [0, 0.05) is 13.1 Å². The van der Waals surface area contributed by atoms with Crippen molar-refractivity contribution in [1.82, 2.24) is 4.90 Å². The monoisotopic (exact) mass is 426 g/mol. The highest BCUT2D eigenvalue weighted by molar-refractivity contribution is 5.91. The van der Waals surface area contributed by atoms with E-state index in [0.29, 0.717) is 24.2 Å². The number of nitrogens with zero attached hydrogens (tertiary/aromatic N) is 2. The van der Waals surface area contributed by atoms with E-state index in [1.165, 1.54) is 6.07 Å². The summed E-state index contributed by atoms with van der Waals surface area (Å²) in [4.78, 5) is 26.3. The van der Waals surface area contributed by atoms with Crippen LogP contribution in [0.2, 0.25) is 0 Å². The second kappa shape index (κ2) is 10.9. The van der Waals surface area contributed by atoms with Crippen molar-refractivity contribution in [2.45, 2.75) is 32.7 Å². The maximum atomic E-state index is 13.1.